The molecule has 6 nitrogen and oxygen atoms in total. The number of carbonyl (C=O) groups is 1. The van der Waals surface area contributed by atoms with E-state index >= 15 is 0 Å². The fourth-order valence-electron chi connectivity index (χ4n) is 6.05. The number of benzene rings is 3. The average Bonchev–Trinajstić information content (AvgIpc) is 3.52. The van der Waals surface area contributed by atoms with Crippen molar-refractivity contribution in [1.29, 1.82) is 0 Å². The van der Waals surface area contributed by atoms with Crippen molar-refractivity contribution in [3.63, 3.8) is 0 Å². The first-order valence-electron chi connectivity index (χ1n) is 15.1. The Balaban J connectivity index is 0.983. The summed E-state index contributed by atoms with van der Waals surface area (Å²) >= 11 is 0. The van der Waals surface area contributed by atoms with Gasteiger partial charge in [-0.05, 0) is 28.8 Å². The molecule has 6 rings (SSSR count). The number of rotatable bonds is 9. The lowest BCUT2D eigenvalue weighted by Gasteiger charge is -2.39. The summed E-state index contributed by atoms with van der Waals surface area (Å²) in [5.41, 5.74) is 3.87. The Morgan fingerprint density at radius 2 is 1.24 bits per heavy atom. The van der Waals surface area contributed by atoms with Crippen LogP contribution in [0.15, 0.2) is 114 Å². The fourth-order valence-corrected chi connectivity index (χ4v) is 6.05. The van der Waals surface area contributed by atoms with E-state index in [0.717, 1.165) is 71.2 Å². The van der Waals surface area contributed by atoms with Crippen LogP contribution in [0.2, 0.25) is 0 Å². The van der Waals surface area contributed by atoms with Crippen molar-refractivity contribution in [1.82, 2.24) is 19.6 Å². The fraction of sp³-hybridized carbons (Fsp3) is 0.306. The Hall–Kier alpha value is -3.97. The Bertz CT molecular complexity index is 1380. The number of nitrogens with zero attached hydrogens (tertiary/aromatic N) is 4. The molecule has 4 aromatic rings. The van der Waals surface area contributed by atoms with Crippen molar-refractivity contribution in [2.75, 3.05) is 58.9 Å². The minimum atomic E-state index is -0.000823. The lowest BCUT2D eigenvalue weighted by molar-refractivity contribution is 0.0612. The molecule has 2 fully saturated rings. The molecular formula is C36H40N4O2. The number of furan rings is 1. The third kappa shape index (κ3) is 7.08. The van der Waals surface area contributed by atoms with Crippen LogP contribution in [-0.2, 0) is 6.54 Å². The zero-order valence-corrected chi connectivity index (χ0v) is 24.2. The van der Waals surface area contributed by atoms with Crippen LogP contribution >= 0.6 is 0 Å². The molecule has 2 aliphatic heterocycles. The van der Waals surface area contributed by atoms with Gasteiger partial charge in [-0.2, -0.15) is 0 Å². The van der Waals surface area contributed by atoms with Crippen LogP contribution in [0, 0.1) is 0 Å². The molecular weight excluding hydrogens is 520 g/mol. The van der Waals surface area contributed by atoms with Crippen molar-refractivity contribution in [3.8, 4) is 0 Å². The monoisotopic (exact) mass is 560 g/mol. The van der Waals surface area contributed by atoms with E-state index in [0.29, 0.717) is 5.76 Å². The maximum atomic E-state index is 13.2. The van der Waals surface area contributed by atoms with E-state index < -0.39 is 0 Å². The van der Waals surface area contributed by atoms with Crippen molar-refractivity contribution >= 4 is 12.0 Å². The topological polar surface area (TPSA) is 43.2 Å². The van der Waals surface area contributed by atoms with Crippen molar-refractivity contribution < 1.29 is 9.21 Å². The summed E-state index contributed by atoms with van der Waals surface area (Å²) in [7, 11) is 0. The summed E-state index contributed by atoms with van der Waals surface area (Å²) in [4.78, 5) is 22.5. The summed E-state index contributed by atoms with van der Waals surface area (Å²) in [5, 5.41) is 0. The molecule has 6 heteroatoms. The highest BCUT2D eigenvalue weighted by Crippen LogP contribution is 2.29. The SMILES string of the molecule is O=C(c1ccc(CN2CCN(C(c3ccccc3)c3ccccc3)CC2)o1)N1CCN(CC=Cc2ccccc2)CC1. The van der Waals surface area contributed by atoms with Gasteiger partial charge in [-0.3, -0.25) is 19.5 Å². The molecule has 1 aromatic heterocycles. The smallest absolute Gasteiger partial charge is 0.289 e. The first-order chi connectivity index (χ1) is 20.7. The zero-order valence-electron chi connectivity index (χ0n) is 24.2. The lowest BCUT2D eigenvalue weighted by Crippen LogP contribution is -2.48. The van der Waals surface area contributed by atoms with Gasteiger partial charge in [0.25, 0.3) is 5.91 Å². The molecule has 0 saturated carbocycles. The standard InChI is InChI=1S/C36H40N4O2/c41-36(40-27-21-37(22-28-40)20-10-13-30-11-4-1-5-12-30)34-19-18-33(42-34)29-38-23-25-39(26-24-38)35(31-14-6-2-7-15-31)32-16-8-3-9-17-32/h1-19,35H,20-29H2. The summed E-state index contributed by atoms with van der Waals surface area (Å²) < 4.78 is 6.08. The molecule has 0 aliphatic carbocycles. The third-order valence-electron chi connectivity index (χ3n) is 8.39. The quantitative estimate of drug-likeness (QED) is 0.264. The minimum Gasteiger partial charge on any atom is -0.455 e. The van der Waals surface area contributed by atoms with Crippen LogP contribution in [0.25, 0.3) is 6.08 Å². The Kier molecular flexibility index (Phi) is 9.25. The molecule has 0 spiro atoms. The van der Waals surface area contributed by atoms with Crippen LogP contribution < -0.4 is 0 Å². The summed E-state index contributed by atoms with van der Waals surface area (Å²) in [6.07, 6.45) is 4.36. The van der Waals surface area contributed by atoms with E-state index in [1.54, 1.807) is 0 Å². The zero-order chi connectivity index (χ0) is 28.6. The van der Waals surface area contributed by atoms with E-state index in [-0.39, 0.29) is 11.9 Å². The van der Waals surface area contributed by atoms with Gasteiger partial charge in [0.05, 0.1) is 12.6 Å². The first-order valence-corrected chi connectivity index (χ1v) is 15.1. The van der Waals surface area contributed by atoms with Crippen LogP contribution in [0.1, 0.15) is 39.0 Å². The van der Waals surface area contributed by atoms with Gasteiger partial charge in [0, 0.05) is 58.9 Å². The van der Waals surface area contributed by atoms with Gasteiger partial charge in [-0.25, -0.2) is 0 Å². The van der Waals surface area contributed by atoms with E-state index in [9.17, 15) is 4.79 Å². The Labute approximate surface area is 249 Å². The normalized spacial score (nSPS) is 17.3. The second-order valence-corrected chi connectivity index (χ2v) is 11.2. The van der Waals surface area contributed by atoms with Gasteiger partial charge < -0.3 is 9.32 Å². The van der Waals surface area contributed by atoms with Crippen LogP contribution in [0.5, 0.6) is 0 Å². The molecule has 0 unspecified atom stereocenters. The van der Waals surface area contributed by atoms with E-state index in [1.807, 2.05) is 23.1 Å². The molecule has 0 atom stereocenters. The highest BCUT2D eigenvalue weighted by atomic mass is 16.4. The highest BCUT2D eigenvalue weighted by molar-refractivity contribution is 5.91. The van der Waals surface area contributed by atoms with E-state index in [4.69, 9.17) is 4.42 Å². The molecule has 3 aromatic carbocycles. The third-order valence-corrected chi connectivity index (χ3v) is 8.39. The maximum Gasteiger partial charge on any atom is 0.289 e. The second kappa shape index (κ2) is 13.8. The molecule has 0 bridgehead atoms. The van der Waals surface area contributed by atoms with Crippen LogP contribution in [0.3, 0.4) is 0 Å². The first kappa shape index (κ1) is 28.2. The minimum absolute atomic E-state index is 0.000823. The van der Waals surface area contributed by atoms with Crippen LogP contribution in [0.4, 0.5) is 0 Å². The number of hydrogen-bond acceptors (Lipinski definition) is 5. The van der Waals surface area contributed by atoms with Crippen molar-refractivity contribution in [2.24, 2.45) is 0 Å². The van der Waals surface area contributed by atoms with Crippen LogP contribution in [-0.4, -0.2) is 84.4 Å². The van der Waals surface area contributed by atoms with Gasteiger partial charge in [-0.15, -0.1) is 0 Å². The lowest BCUT2D eigenvalue weighted by atomic mass is 9.96. The molecule has 2 aliphatic rings. The molecule has 2 saturated heterocycles. The van der Waals surface area contributed by atoms with Crippen molar-refractivity contribution in [2.45, 2.75) is 12.6 Å². The number of carbonyl (C=O) groups excluding carboxylic acids is 1. The molecule has 1 amide bonds. The summed E-state index contributed by atoms with van der Waals surface area (Å²) in [6, 6.07) is 36.0. The predicted octanol–water partition coefficient (Wildman–Crippen LogP) is 5.66. The van der Waals surface area contributed by atoms with Crippen molar-refractivity contribution in [3.05, 3.63) is 137 Å². The van der Waals surface area contributed by atoms with Gasteiger partial charge in [0.2, 0.25) is 0 Å². The second-order valence-electron chi connectivity index (χ2n) is 11.2. The number of hydrogen-bond donors (Lipinski definition) is 0. The highest BCUT2D eigenvalue weighted by Gasteiger charge is 2.28. The summed E-state index contributed by atoms with van der Waals surface area (Å²) in [5.74, 6) is 1.31. The molecule has 0 N–H and O–H groups in total. The van der Waals surface area contributed by atoms with Gasteiger partial charge >= 0.3 is 0 Å². The molecule has 0 radical (unpaired) electrons. The average molecular weight is 561 g/mol. The number of piperazine rings is 2. The number of amides is 1. The van der Waals surface area contributed by atoms with E-state index in [2.05, 4.69) is 112 Å². The Morgan fingerprint density at radius 1 is 0.667 bits per heavy atom. The summed E-state index contributed by atoms with van der Waals surface area (Å²) in [6.45, 7) is 8.68. The Morgan fingerprint density at radius 3 is 1.86 bits per heavy atom. The molecule has 216 valence electrons. The van der Waals surface area contributed by atoms with Gasteiger partial charge in [0.1, 0.15) is 5.76 Å². The predicted molar refractivity (Wildman–Crippen MR) is 168 cm³/mol. The molecule has 42 heavy (non-hydrogen) atoms. The largest absolute Gasteiger partial charge is 0.455 e. The van der Waals surface area contributed by atoms with Gasteiger partial charge in [-0.1, -0.05) is 103 Å². The molecule has 3 heterocycles. The maximum absolute atomic E-state index is 13.2. The van der Waals surface area contributed by atoms with E-state index in [1.165, 1.54) is 16.7 Å². The van der Waals surface area contributed by atoms with Gasteiger partial charge in [0.15, 0.2) is 5.76 Å².